The van der Waals surface area contributed by atoms with Crippen LogP contribution in [-0.2, 0) is 19.1 Å². The molecule has 1 aromatic rings. The van der Waals surface area contributed by atoms with Crippen molar-refractivity contribution < 1.29 is 32.2 Å². The summed E-state index contributed by atoms with van der Waals surface area (Å²) in [5.41, 5.74) is -2.21. The summed E-state index contributed by atoms with van der Waals surface area (Å²) in [6, 6.07) is 3.35. The lowest BCUT2D eigenvalue weighted by Gasteiger charge is -2.31. The molecule has 1 aromatic carbocycles. The number of carbonyl (C=O) groups excluding carboxylic acids is 2. The number of halogens is 3. The van der Waals surface area contributed by atoms with Gasteiger partial charge >= 0.3 is 11.9 Å². The van der Waals surface area contributed by atoms with Crippen molar-refractivity contribution in [1.82, 2.24) is 5.32 Å². The summed E-state index contributed by atoms with van der Waals surface area (Å²) in [6.07, 6.45) is 0.484. The van der Waals surface area contributed by atoms with Crippen molar-refractivity contribution in [3.63, 3.8) is 0 Å². The van der Waals surface area contributed by atoms with E-state index in [4.69, 9.17) is 10.00 Å². The summed E-state index contributed by atoms with van der Waals surface area (Å²) < 4.78 is 53.1. The van der Waals surface area contributed by atoms with Gasteiger partial charge in [-0.15, -0.1) is 0 Å². The van der Waals surface area contributed by atoms with E-state index in [0.29, 0.717) is 6.42 Å². The van der Waals surface area contributed by atoms with Crippen LogP contribution in [0.2, 0.25) is 0 Å². The fourth-order valence-electron chi connectivity index (χ4n) is 3.10. The minimum absolute atomic E-state index is 0.0266. The Morgan fingerprint density at radius 1 is 1.24 bits per heavy atom. The maximum absolute atomic E-state index is 15.0. The van der Waals surface area contributed by atoms with Crippen molar-refractivity contribution in [2.45, 2.75) is 26.2 Å². The Morgan fingerprint density at radius 3 is 2.48 bits per heavy atom. The van der Waals surface area contributed by atoms with Gasteiger partial charge in [0, 0.05) is 11.3 Å². The first kappa shape index (κ1) is 22.0. The van der Waals surface area contributed by atoms with Gasteiger partial charge in [-0.1, -0.05) is 6.92 Å². The Hall–Kier alpha value is -3.28. The van der Waals surface area contributed by atoms with Crippen molar-refractivity contribution in [2.75, 3.05) is 20.4 Å². The van der Waals surface area contributed by atoms with Crippen LogP contribution in [0, 0.1) is 23.0 Å². The molecule has 0 aliphatic carbocycles. The van der Waals surface area contributed by atoms with Gasteiger partial charge in [0.05, 0.1) is 42.0 Å². The number of methoxy groups -OCH3 is 1. The minimum atomic E-state index is -1.66. The molecule has 29 heavy (non-hydrogen) atoms. The normalized spacial score (nSPS) is 16.2. The first-order valence-corrected chi connectivity index (χ1v) is 8.72. The van der Waals surface area contributed by atoms with E-state index in [0.717, 1.165) is 19.2 Å². The molecule has 1 N–H and O–H groups in total. The van der Waals surface area contributed by atoms with Crippen molar-refractivity contribution in [2.24, 2.45) is 0 Å². The molecule has 9 heteroatoms. The van der Waals surface area contributed by atoms with E-state index in [-0.39, 0.29) is 23.6 Å². The fourth-order valence-corrected chi connectivity index (χ4v) is 3.10. The number of esters is 2. The number of dihydropyridines is 1. The molecule has 0 amide bonds. The molecule has 2 rings (SSSR count). The van der Waals surface area contributed by atoms with E-state index in [9.17, 15) is 22.8 Å². The average Bonchev–Trinajstić information content (AvgIpc) is 2.71. The minimum Gasteiger partial charge on any atom is -0.466 e. The molecule has 0 radical (unpaired) electrons. The van der Waals surface area contributed by atoms with Gasteiger partial charge in [-0.2, -0.15) is 5.26 Å². The van der Waals surface area contributed by atoms with Crippen LogP contribution in [0.25, 0.3) is 0 Å². The summed E-state index contributed by atoms with van der Waals surface area (Å²) in [6.45, 7) is 1.99. The lowest BCUT2D eigenvalue weighted by molar-refractivity contribution is -0.139. The first-order chi connectivity index (χ1) is 13.8. The second kappa shape index (κ2) is 9.28. The predicted molar refractivity (Wildman–Crippen MR) is 95.9 cm³/mol. The van der Waals surface area contributed by atoms with Gasteiger partial charge in [-0.3, -0.25) is 0 Å². The van der Waals surface area contributed by atoms with E-state index in [1.807, 2.05) is 0 Å². The van der Waals surface area contributed by atoms with Crippen LogP contribution in [0.3, 0.4) is 0 Å². The molecule has 0 spiro atoms. The van der Waals surface area contributed by atoms with Crippen molar-refractivity contribution >= 4 is 11.9 Å². The second-order valence-electron chi connectivity index (χ2n) is 6.18. The fraction of sp³-hybridized carbons (Fsp3) is 0.350. The largest absolute Gasteiger partial charge is 0.466 e. The monoisotopic (exact) mass is 408 g/mol. The highest BCUT2D eigenvalue weighted by Crippen LogP contribution is 2.42. The molecule has 0 saturated heterocycles. The Kier molecular flexibility index (Phi) is 7.04. The molecule has 1 unspecified atom stereocenters. The molecule has 1 heterocycles. The standard InChI is InChI=1S/C20H19F3N2O4/c1-4-7-29-20(27)14-10(2)25-13(8-21)16(19(26)28-3)17(14)15-12(22)6-5-11(9-24)18(15)23/h5-6,17,25H,4,7-8H2,1-3H3. The van der Waals surface area contributed by atoms with E-state index >= 15 is 0 Å². The van der Waals surface area contributed by atoms with E-state index < -0.39 is 52.9 Å². The molecule has 0 bridgehead atoms. The highest BCUT2D eigenvalue weighted by molar-refractivity contribution is 6.00. The molecule has 154 valence electrons. The Balaban J connectivity index is 2.85. The zero-order valence-electron chi connectivity index (χ0n) is 16.1. The Morgan fingerprint density at radius 2 is 1.93 bits per heavy atom. The van der Waals surface area contributed by atoms with Gasteiger partial charge in [0.1, 0.15) is 24.4 Å². The average molecular weight is 408 g/mol. The summed E-state index contributed by atoms with van der Waals surface area (Å²) in [4.78, 5) is 25.1. The van der Waals surface area contributed by atoms with Crippen molar-refractivity contribution in [3.05, 3.63) is 57.4 Å². The van der Waals surface area contributed by atoms with Gasteiger partial charge in [0.2, 0.25) is 0 Å². The number of alkyl halides is 1. The summed E-state index contributed by atoms with van der Waals surface area (Å²) in [5.74, 6) is -6.03. The van der Waals surface area contributed by atoms with Crippen molar-refractivity contribution in [1.29, 1.82) is 5.26 Å². The lowest BCUT2D eigenvalue weighted by Crippen LogP contribution is -2.34. The van der Waals surface area contributed by atoms with Crippen LogP contribution in [-0.4, -0.2) is 32.3 Å². The molecular weight excluding hydrogens is 389 g/mol. The number of hydrogen-bond acceptors (Lipinski definition) is 6. The molecular formula is C20H19F3N2O4. The van der Waals surface area contributed by atoms with Crippen LogP contribution in [0.1, 0.15) is 37.3 Å². The van der Waals surface area contributed by atoms with Gasteiger partial charge in [-0.25, -0.2) is 22.8 Å². The zero-order chi connectivity index (χ0) is 21.7. The number of hydrogen-bond donors (Lipinski definition) is 1. The van der Waals surface area contributed by atoms with Crippen LogP contribution in [0.5, 0.6) is 0 Å². The van der Waals surface area contributed by atoms with Gasteiger partial charge in [0.25, 0.3) is 0 Å². The highest BCUT2D eigenvalue weighted by Gasteiger charge is 2.42. The number of allylic oxidation sites excluding steroid dienone is 2. The number of rotatable bonds is 6. The zero-order valence-corrected chi connectivity index (χ0v) is 16.1. The van der Waals surface area contributed by atoms with Crippen LogP contribution >= 0.6 is 0 Å². The van der Waals surface area contributed by atoms with Crippen molar-refractivity contribution in [3.8, 4) is 6.07 Å². The van der Waals surface area contributed by atoms with E-state index in [1.54, 1.807) is 13.0 Å². The van der Waals surface area contributed by atoms with Crippen LogP contribution in [0.15, 0.2) is 34.7 Å². The SMILES string of the molecule is CCCOC(=O)C1=C(C)NC(CF)=C(C(=O)OC)C1c1c(F)ccc(C#N)c1F. The van der Waals surface area contributed by atoms with E-state index in [1.165, 1.54) is 6.92 Å². The second-order valence-corrected chi connectivity index (χ2v) is 6.18. The molecule has 0 aromatic heterocycles. The third kappa shape index (κ3) is 4.11. The number of nitrogens with one attached hydrogen (secondary N) is 1. The first-order valence-electron chi connectivity index (χ1n) is 8.72. The highest BCUT2D eigenvalue weighted by atomic mass is 19.1. The maximum atomic E-state index is 15.0. The summed E-state index contributed by atoms with van der Waals surface area (Å²) in [5, 5.41) is 11.7. The molecule has 0 fully saturated rings. The smallest absolute Gasteiger partial charge is 0.336 e. The van der Waals surface area contributed by atoms with Crippen LogP contribution < -0.4 is 5.32 Å². The number of nitriles is 1. The molecule has 6 nitrogen and oxygen atoms in total. The third-order valence-electron chi connectivity index (χ3n) is 4.38. The van der Waals surface area contributed by atoms with E-state index in [2.05, 4.69) is 10.1 Å². The molecule has 1 aliphatic rings. The predicted octanol–water partition coefficient (Wildman–Crippen LogP) is 3.15. The molecule has 1 atom stereocenters. The van der Waals surface area contributed by atoms with Gasteiger partial charge in [0.15, 0.2) is 0 Å². The number of benzene rings is 1. The lowest BCUT2D eigenvalue weighted by atomic mass is 9.79. The molecule has 0 saturated carbocycles. The van der Waals surface area contributed by atoms with Gasteiger partial charge < -0.3 is 14.8 Å². The number of ether oxygens (including phenoxy) is 2. The maximum Gasteiger partial charge on any atom is 0.336 e. The third-order valence-corrected chi connectivity index (χ3v) is 4.38. The van der Waals surface area contributed by atoms with Crippen LogP contribution in [0.4, 0.5) is 13.2 Å². The number of nitrogens with zero attached hydrogens (tertiary/aromatic N) is 1. The topological polar surface area (TPSA) is 88.4 Å². The number of carbonyl (C=O) groups is 2. The quantitative estimate of drug-likeness (QED) is 0.728. The summed E-state index contributed by atoms with van der Waals surface area (Å²) in [7, 11) is 1.01. The molecule has 1 aliphatic heterocycles. The Bertz CT molecular complexity index is 948. The van der Waals surface area contributed by atoms with Gasteiger partial charge in [-0.05, 0) is 25.5 Å². The summed E-state index contributed by atoms with van der Waals surface area (Å²) >= 11 is 0. The Labute approximate surface area is 165 Å².